The Balaban J connectivity index is 1.75. The molecule has 25 heavy (non-hydrogen) atoms. The molecule has 1 atom stereocenters. The molecule has 2 aromatic rings. The van der Waals surface area contributed by atoms with Crippen molar-refractivity contribution in [2.75, 3.05) is 13.1 Å². The molecule has 1 saturated heterocycles. The van der Waals surface area contributed by atoms with E-state index in [1.54, 1.807) is 11.0 Å². The summed E-state index contributed by atoms with van der Waals surface area (Å²) in [4.78, 5) is 19.0. The zero-order valence-corrected chi connectivity index (χ0v) is 15.2. The number of amides is 1. The zero-order chi connectivity index (χ0) is 17.8. The largest absolute Gasteiger partial charge is 0.338 e. The van der Waals surface area contributed by atoms with E-state index in [-0.39, 0.29) is 17.4 Å². The molecule has 1 aromatic carbocycles. The van der Waals surface area contributed by atoms with E-state index in [0.29, 0.717) is 18.1 Å². The smallest absolute Gasteiger partial charge is 0.256 e. The monoisotopic (exact) mass is 363 g/mol. The van der Waals surface area contributed by atoms with Gasteiger partial charge in [-0.25, -0.2) is 9.37 Å². The summed E-state index contributed by atoms with van der Waals surface area (Å²) in [6.45, 7) is 4.33. The molecule has 1 amide bonds. The molecule has 0 N–H and O–H groups in total. The van der Waals surface area contributed by atoms with Crippen LogP contribution in [0.25, 0.3) is 0 Å². The van der Waals surface area contributed by atoms with Gasteiger partial charge in [0.2, 0.25) is 0 Å². The van der Waals surface area contributed by atoms with Crippen molar-refractivity contribution < 1.29 is 9.18 Å². The third kappa shape index (κ3) is 4.03. The Bertz CT molecular complexity index is 746. The van der Waals surface area contributed by atoms with Crippen molar-refractivity contribution >= 4 is 17.5 Å². The number of aryl methyl sites for hydroxylation is 1. The molecule has 0 aliphatic carbocycles. The number of halogens is 2. The van der Waals surface area contributed by atoms with Gasteiger partial charge in [-0.3, -0.25) is 4.79 Å². The van der Waals surface area contributed by atoms with E-state index in [1.165, 1.54) is 12.1 Å². The summed E-state index contributed by atoms with van der Waals surface area (Å²) in [6.07, 6.45) is 7.95. The molecule has 4 nitrogen and oxygen atoms in total. The van der Waals surface area contributed by atoms with Gasteiger partial charge in [-0.2, -0.15) is 0 Å². The van der Waals surface area contributed by atoms with Crippen molar-refractivity contribution in [1.29, 1.82) is 0 Å². The molecule has 3 rings (SSSR count). The Morgan fingerprint density at radius 3 is 3.04 bits per heavy atom. The van der Waals surface area contributed by atoms with Gasteiger partial charge in [-0.15, -0.1) is 0 Å². The van der Waals surface area contributed by atoms with E-state index >= 15 is 0 Å². The summed E-state index contributed by atoms with van der Waals surface area (Å²) >= 11 is 5.78. The fourth-order valence-corrected chi connectivity index (χ4v) is 3.56. The second kappa shape index (κ2) is 8.00. The van der Waals surface area contributed by atoms with Gasteiger partial charge in [0.05, 0.1) is 5.56 Å². The Kier molecular flexibility index (Phi) is 5.74. The summed E-state index contributed by atoms with van der Waals surface area (Å²) in [5, 5.41) is 0.295. The minimum atomic E-state index is -0.566. The summed E-state index contributed by atoms with van der Waals surface area (Å²) in [7, 11) is 0. The summed E-state index contributed by atoms with van der Waals surface area (Å²) < 4.78 is 16.3. The Morgan fingerprint density at radius 1 is 1.44 bits per heavy atom. The molecule has 1 unspecified atom stereocenters. The first-order valence-corrected chi connectivity index (χ1v) is 9.23. The summed E-state index contributed by atoms with van der Waals surface area (Å²) in [5.74, 6) is 0.386. The third-order valence-corrected chi connectivity index (χ3v) is 4.97. The van der Waals surface area contributed by atoms with Crippen LogP contribution in [0, 0.1) is 5.82 Å². The van der Waals surface area contributed by atoms with Crippen LogP contribution in [0.5, 0.6) is 0 Å². The third-order valence-electron chi connectivity index (χ3n) is 4.74. The normalized spacial score (nSPS) is 17.7. The van der Waals surface area contributed by atoms with Gasteiger partial charge in [-0.1, -0.05) is 24.9 Å². The zero-order valence-electron chi connectivity index (χ0n) is 14.4. The van der Waals surface area contributed by atoms with Crippen molar-refractivity contribution in [3.63, 3.8) is 0 Å². The maximum absolute atomic E-state index is 14.1. The van der Waals surface area contributed by atoms with Crippen molar-refractivity contribution in [3.05, 3.63) is 52.8 Å². The number of rotatable bonds is 5. The van der Waals surface area contributed by atoms with Crippen molar-refractivity contribution in [1.82, 2.24) is 14.5 Å². The van der Waals surface area contributed by atoms with Crippen molar-refractivity contribution in [2.45, 2.75) is 45.1 Å². The van der Waals surface area contributed by atoms with Gasteiger partial charge in [-0.05, 0) is 37.5 Å². The number of imidazole rings is 1. The van der Waals surface area contributed by atoms with Gasteiger partial charge in [0.15, 0.2) is 0 Å². The standard InChI is InChI=1S/C19H23ClFN3O/c1-2-3-9-23-11-8-22-18(23)14-5-4-10-24(13-14)19(25)16-7-6-15(20)12-17(16)21/h6-8,11-12,14H,2-5,9-10,13H2,1H3. The summed E-state index contributed by atoms with van der Waals surface area (Å²) in [6, 6.07) is 4.20. The van der Waals surface area contributed by atoms with Crippen molar-refractivity contribution in [3.8, 4) is 0 Å². The number of unbranched alkanes of at least 4 members (excludes halogenated alkanes) is 1. The van der Waals surface area contributed by atoms with E-state index < -0.39 is 5.82 Å². The number of hydrogen-bond acceptors (Lipinski definition) is 2. The first kappa shape index (κ1) is 17.9. The molecule has 0 saturated carbocycles. The van der Waals surface area contributed by atoms with Crippen LogP contribution in [0.15, 0.2) is 30.6 Å². The van der Waals surface area contributed by atoms with E-state index in [0.717, 1.165) is 38.1 Å². The van der Waals surface area contributed by atoms with Gasteiger partial charge in [0.25, 0.3) is 5.91 Å². The van der Waals surface area contributed by atoms with Crippen LogP contribution in [0.4, 0.5) is 4.39 Å². The number of likely N-dealkylation sites (tertiary alicyclic amines) is 1. The van der Waals surface area contributed by atoms with Gasteiger partial charge in [0, 0.05) is 43.0 Å². The van der Waals surface area contributed by atoms with Gasteiger partial charge < -0.3 is 9.47 Å². The lowest BCUT2D eigenvalue weighted by Crippen LogP contribution is -2.40. The molecule has 0 radical (unpaired) electrons. The first-order valence-electron chi connectivity index (χ1n) is 8.85. The average Bonchev–Trinajstić information content (AvgIpc) is 3.08. The number of carbonyl (C=O) groups excluding carboxylic acids is 1. The van der Waals surface area contributed by atoms with E-state index in [2.05, 4.69) is 16.5 Å². The molecule has 1 aliphatic rings. The number of nitrogens with zero attached hydrogens (tertiary/aromatic N) is 3. The predicted octanol–water partition coefficient (Wildman–Crippen LogP) is 4.50. The lowest BCUT2D eigenvalue weighted by atomic mass is 9.96. The highest BCUT2D eigenvalue weighted by Crippen LogP contribution is 2.28. The number of aromatic nitrogens is 2. The molecule has 1 fully saturated rings. The number of benzene rings is 1. The second-order valence-electron chi connectivity index (χ2n) is 6.55. The van der Waals surface area contributed by atoms with E-state index in [1.807, 2.05) is 12.4 Å². The Labute approximate surface area is 152 Å². The fourth-order valence-electron chi connectivity index (χ4n) is 3.40. The molecule has 6 heteroatoms. The number of carbonyl (C=O) groups is 1. The molecular formula is C19H23ClFN3O. The number of piperidine rings is 1. The van der Waals surface area contributed by atoms with Gasteiger partial charge >= 0.3 is 0 Å². The molecule has 0 spiro atoms. The molecule has 0 bridgehead atoms. The Morgan fingerprint density at radius 2 is 2.28 bits per heavy atom. The van der Waals surface area contributed by atoms with Gasteiger partial charge in [0.1, 0.15) is 11.6 Å². The van der Waals surface area contributed by atoms with Crippen LogP contribution < -0.4 is 0 Å². The maximum atomic E-state index is 14.1. The van der Waals surface area contributed by atoms with Crippen LogP contribution in [0.3, 0.4) is 0 Å². The summed E-state index contributed by atoms with van der Waals surface area (Å²) in [5.41, 5.74) is 0.0828. The Hall–Kier alpha value is -1.88. The predicted molar refractivity (Wildman–Crippen MR) is 96.4 cm³/mol. The average molecular weight is 364 g/mol. The fraction of sp³-hybridized carbons (Fsp3) is 0.474. The highest BCUT2D eigenvalue weighted by Gasteiger charge is 2.29. The van der Waals surface area contributed by atoms with Crippen LogP contribution >= 0.6 is 11.6 Å². The topological polar surface area (TPSA) is 38.1 Å². The SMILES string of the molecule is CCCCn1ccnc1C1CCCN(C(=O)c2ccc(Cl)cc2F)C1. The molecule has 134 valence electrons. The highest BCUT2D eigenvalue weighted by atomic mass is 35.5. The number of hydrogen-bond donors (Lipinski definition) is 0. The molecule has 1 aromatic heterocycles. The van der Waals surface area contributed by atoms with Crippen LogP contribution in [0.1, 0.15) is 54.7 Å². The molecular weight excluding hydrogens is 341 g/mol. The molecule has 2 heterocycles. The highest BCUT2D eigenvalue weighted by molar-refractivity contribution is 6.30. The quantitative estimate of drug-likeness (QED) is 0.784. The van der Waals surface area contributed by atoms with Crippen LogP contribution in [-0.2, 0) is 6.54 Å². The van der Waals surface area contributed by atoms with Crippen molar-refractivity contribution in [2.24, 2.45) is 0 Å². The van der Waals surface area contributed by atoms with Crippen LogP contribution in [0.2, 0.25) is 5.02 Å². The van der Waals surface area contributed by atoms with E-state index in [4.69, 9.17) is 11.6 Å². The van der Waals surface area contributed by atoms with E-state index in [9.17, 15) is 9.18 Å². The second-order valence-corrected chi connectivity index (χ2v) is 6.98. The maximum Gasteiger partial charge on any atom is 0.256 e. The lowest BCUT2D eigenvalue weighted by molar-refractivity contribution is 0.0698. The van der Waals surface area contributed by atoms with Crippen LogP contribution in [-0.4, -0.2) is 33.4 Å². The first-order chi connectivity index (χ1) is 12.1. The minimum absolute atomic E-state index is 0.0828. The molecule has 1 aliphatic heterocycles. The lowest BCUT2D eigenvalue weighted by Gasteiger charge is -2.33. The minimum Gasteiger partial charge on any atom is -0.338 e.